The van der Waals surface area contributed by atoms with Gasteiger partial charge in [0.25, 0.3) is 5.56 Å². The molecular formula is C17H20ClN3O2S. The molecule has 1 aromatic carbocycles. The Morgan fingerprint density at radius 3 is 2.92 bits per heavy atom. The Morgan fingerprint density at radius 2 is 2.21 bits per heavy atom. The van der Waals surface area contributed by atoms with Gasteiger partial charge in [0.05, 0.1) is 12.1 Å². The minimum atomic E-state index is -0.259. The fourth-order valence-corrected chi connectivity index (χ4v) is 3.06. The van der Waals surface area contributed by atoms with Crippen molar-refractivity contribution in [3.63, 3.8) is 0 Å². The summed E-state index contributed by atoms with van der Waals surface area (Å²) in [6.07, 6.45) is 0.953. The van der Waals surface area contributed by atoms with E-state index in [4.69, 9.17) is 11.6 Å². The lowest BCUT2D eigenvalue weighted by molar-refractivity contribution is -0.121. The van der Waals surface area contributed by atoms with Crippen LogP contribution in [0.25, 0.3) is 0 Å². The van der Waals surface area contributed by atoms with E-state index >= 15 is 0 Å². The molecule has 0 aliphatic carbocycles. The second-order valence-electron chi connectivity index (χ2n) is 5.51. The van der Waals surface area contributed by atoms with Gasteiger partial charge in [-0.25, -0.2) is 4.98 Å². The van der Waals surface area contributed by atoms with Gasteiger partial charge in [0, 0.05) is 22.9 Å². The summed E-state index contributed by atoms with van der Waals surface area (Å²) in [5, 5.41) is 4.03. The van der Waals surface area contributed by atoms with Gasteiger partial charge in [-0.2, -0.15) is 0 Å². The Bertz CT molecular complexity index is 763. The summed E-state index contributed by atoms with van der Waals surface area (Å²) in [5.41, 5.74) is 1.24. The second-order valence-corrected chi connectivity index (χ2v) is 6.91. The van der Waals surface area contributed by atoms with E-state index in [1.807, 2.05) is 38.1 Å². The summed E-state index contributed by atoms with van der Waals surface area (Å²) >= 11 is 7.36. The maximum atomic E-state index is 11.9. The SMILES string of the molecule is CCC(C)NC(=O)Cc1cc(=O)[nH]c(SCc2cccc(Cl)c2)n1. The highest BCUT2D eigenvalue weighted by molar-refractivity contribution is 7.98. The predicted molar refractivity (Wildman–Crippen MR) is 97.5 cm³/mol. The zero-order valence-corrected chi connectivity index (χ0v) is 15.2. The van der Waals surface area contributed by atoms with Gasteiger partial charge >= 0.3 is 0 Å². The molecule has 2 aromatic rings. The topological polar surface area (TPSA) is 74.8 Å². The first-order chi connectivity index (χ1) is 11.5. The van der Waals surface area contributed by atoms with Crippen molar-refractivity contribution in [3.05, 3.63) is 57.0 Å². The van der Waals surface area contributed by atoms with Gasteiger partial charge in [0.15, 0.2) is 5.16 Å². The number of nitrogens with one attached hydrogen (secondary N) is 2. The van der Waals surface area contributed by atoms with E-state index in [2.05, 4.69) is 15.3 Å². The van der Waals surface area contributed by atoms with E-state index in [0.717, 1.165) is 12.0 Å². The molecule has 2 N–H and O–H groups in total. The normalized spacial score (nSPS) is 12.0. The van der Waals surface area contributed by atoms with Crippen LogP contribution in [0.3, 0.4) is 0 Å². The zero-order chi connectivity index (χ0) is 17.5. The summed E-state index contributed by atoms with van der Waals surface area (Å²) in [6.45, 7) is 3.94. The highest BCUT2D eigenvalue weighted by Gasteiger charge is 2.10. The van der Waals surface area contributed by atoms with Gasteiger partial charge in [-0.05, 0) is 31.0 Å². The number of carbonyl (C=O) groups is 1. The first-order valence-electron chi connectivity index (χ1n) is 7.73. The lowest BCUT2D eigenvalue weighted by atomic mass is 10.2. The number of benzene rings is 1. The molecule has 1 heterocycles. The average Bonchev–Trinajstić information content (AvgIpc) is 2.52. The molecule has 0 spiro atoms. The van der Waals surface area contributed by atoms with Crippen LogP contribution >= 0.6 is 23.4 Å². The summed E-state index contributed by atoms with van der Waals surface area (Å²) < 4.78 is 0. The number of amides is 1. The van der Waals surface area contributed by atoms with Crippen LogP contribution in [0.4, 0.5) is 0 Å². The number of hydrogen-bond donors (Lipinski definition) is 2. The molecule has 0 aliphatic rings. The summed E-state index contributed by atoms with van der Waals surface area (Å²) in [7, 11) is 0. The monoisotopic (exact) mass is 365 g/mol. The largest absolute Gasteiger partial charge is 0.353 e. The van der Waals surface area contributed by atoms with E-state index in [1.54, 1.807) is 0 Å². The maximum absolute atomic E-state index is 11.9. The summed E-state index contributed by atoms with van der Waals surface area (Å²) in [4.78, 5) is 30.8. The molecule has 0 aliphatic heterocycles. The Labute approximate surface area is 150 Å². The third-order valence-electron chi connectivity index (χ3n) is 3.40. The van der Waals surface area contributed by atoms with Crippen molar-refractivity contribution in [1.29, 1.82) is 0 Å². The molecule has 2 rings (SSSR count). The highest BCUT2D eigenvalue weighted by Crippen LogP contribution is 2.20. The quantitative estimate of drug-likeness (QED) is 0.583. The van der Waals surface area contributed by atoms with E-state index in [9.17, 15) is 9.59 Å². The van der Waals surface area contributed by atoms with Gasteiger partial charge in [-0.15, -0.1) is 0 Å². The smallest absolute Gasteiger partial charge is 0.251 e. The van der Waals surface area contributed by atoms with Crippen molar-refractivity contribution >= 4 is 29.3 Å². The van der Waals surface area contributed by atoms with Crippen LogP contribution in [0.2, 0.25) is 5.02 Å². The van der Waals surface area contributed by atoms with Gasteiger partial charge in [0.2, 0.25) is 5.91 Å². The van der Waals surface area contributed by atoms with Crippen molar-refractivity contribution in [1.82, 2.24) is 15.3 Å². The van der Waals surface area contributed by atoms with Crippen LogP contribution < -0.4 is 10.9 Å². The van der Waals surface area contributed by atoms with Gasteiger partial charge in [0.1, 0.15) is 0 Å². The molecule has 1 atom stereocenters. The van der Waals surface area contributed by atoms with Crippen LogP contribution in [0.5, 0.6) is 0 Å². The van der Waals surface area contributed by atoms with Crippen molar-refractivity contribution < 1.29 is 4.79 Å². The Balaban J connectivity index is 2.02. The molecule has 0 saturated carbocycles. The van der Waals surface area contributed by atoms with Crippen molar-refractivity contribution in [3.8, 4) is 0 Å². The fraction of sp³-hybridized carbons (Fsp3) is 0.353. The van der Waals surface area contributed by atoms with Gasteiger partial charge in [-0.1, -0.05) is 42.4 Å². The molecule has 1 unspecified atom stereocenters. The molecule has 7 heteroatoms. The molecule has 0 bridgehead atoms. The molecule has 0 radical (unpaired) electrons. The van der Waals surface area contributed by atoms with Gasteiger partial charge < -0.3 is 10.3 Å². The molecular weight excluding hydrogens is 346 g/mol. The van der Waals surface area contributed by atoms with Crippen molar-refractivity contribution in [2.24, 2.45) is 0 Å². The number of nitrogens with zero attached hydrogens (tertiary/aromatic N) is 1. The lowest BCUT2D eigenvalue weighted by Gasteiger charge is -2.11. The summed E-state index contributed by atoms with van der Waals surface area (Å²) in [5.74, 6) is 0.500. The number of thioether (sulfide) groups is 1. The van der Waals surface area contributed by atoms with Crippen LogP contribution in [0, 0.1) is 0 Å². The van der Waals surface area contributed by atoms with Gasteiger partial charge in [-0.3, -0.25) is 9.59 Å². The van der Waals surface area contributed by atoms with Crippen molar-refractivity contribution in [2.75, 3.05) is 0 Å². The van der Waals surface area contributed by atoms with Crippen molar-refractivity contribution in [2.45, 2.75) is 43.6 Å². The van der Waals surface area contributed by atoms with Crippen LogP contribution in [-0.2, 0) is 17.0 Å². The number of H-pyrrole nitrogens is 1. The minimum Gasteiger partial charge on any atom is -0.353 e. The van der Waals surface area contributed by atoms with Crippen LogP contribution in [-0.4, -0.2) is 21.9 Å². The number of aromatic nitrogens is 2. The first-order valence-corrected chi connectivity index (χ1v) is 9.09. The molecule has 1 aromatic heterocycles. The second kappa shape index (κ2) is 8.89. The highest BCUT2D eigenvalue weighted by atomic mass is 35.5. The Hall–Kier alpha value is -1.79. The molecule has 5 nitrogen and oxygen atoms in total. The standard InChI is InChI=1S/C17H20ClN3O2S/c1-3-11(2)19-15(22)8-14-9-16(23)21-17(20-14)24-10-12-5-4-6-13(18)7-12/h4-7,9,11H,3,8,10H2,1-2H3,(H,19,22)(H,20,21,23). The first kappa shape index (κ1) is 18.5. The predicted octanol–water partition coefficient (Wildman–Crippen LogP) is 3.17. The van der Waals surface area contributed by atoms with E-state index < -0.39 is 0 Å². The van der Waals surface area contributed by atoms with E-state index in [1.165, 1.54) is 17.8 Å². The number of aromatic amines is 1. The zero-order valence-electron chi connectivity index (χ0n) is 13.6. The third kappa shape index (κ3) is 6.02. The Kier molecular flexibility index (Phi) is 6.87. The molecule has 0 fully saturated rings. The minimum absolute atomic E-state index is 0.0962. The number of carbonyl (C=O) groups excluding carboxylic acids is 1. The molecule has 0 saturated heterocycles. The molecule has 24 heavy (non-hydrogen) atoms. The lowest BCUT2D eigenvalue weighted by Crippen LogP contribution is -2.33. The summed E-state index contributed by atoms with van der Waals surface area (Å²) in [6, 6.07) is 8.99. The van der Waals surface area contributed by atoms with Crippen LogP contribution in [0.15, 0.2) is 40.3 Å². The average molecular weight is 366 g/mol. The maximum Gasteiger partial charge on any atom is 0.251 e. The van der Waals surface area contributed by atoms with Crippen LogP contribution in [0.1, 0.15) is 31.5 Å². The third-order valence-corrected chi connectivity index (χ3v) is 4.58. The number of halogens is 1. The molecule has 1 amide bonds. The number of hydrogen-bond acceptors (Lipinski definition) is 4. The number of rotatable bonds is 7. The van der Waals surface area contributed by atoms with E-state index in [0.29, 0.717) is 21.6 Å². The van der Waals surface area contributed by atoms with E-state index in [-0.39, 0.29) is 23.9 Å². The molecule has 128 valence electrons. The Morgan fingerprint density at radius 1 is 1.42 bits per heavy atom. The fourth-order valence-electron chi connectivity index (χ4n) is 2.01.